The van der Waals surface area contributed by atoms with E-state index in [2.05, 4.69) is 25.6 Å². The third kappa shape index (κ3) is 3.55. The van der Waals surface area contributed by atoms with Gasteiger partial charge in [0.15, 0.2) is 10.9 Å². The van der Waals surface area contributed by atoms with E-state index >= 15 is 0 Å². The number of nitrogens with one attached hydrogen (secondary N) is 1. The van der Waals surface area contributed by atoms with E-state index in [0.29, 0.717) is 34.7 Å². The molecule has 9 heteroatoms. The molecule has 140 valence electrons. The Balaban J connectivity index is 1.52. The predicted octanol–water partition coefficient (Wildman–Crippen LogP) is 2.96. The summed E-state index contributed by atoms with van der Waals surface area (Å²) in [6, 6.07) is 3.49. The number of carbonyl (C=O) groups is 1. The molecule has 0 bridgehead atoms. The minimum absolute atomic E-state index is 0.219. The first-order chi connectivity index (χ1) is 13.2. The highest BCUT2D eigenvalue weighted by atomic mass is 32.1. The number of aryl methyl sites for hydroxylation is 2. The van der Waals surface area contributed by atoms with Crippen molar-refractivity contribution in [2.45, 2.75) is 39.5 Å². The largest absolute Gasteiger partial charge is 0.477 e. The van der Waals surface area contributed by atoms with Crippen LogP contribution in [0.5, 0.6) is 5.88 Å². The molecule has 0 aliphatic heterocycles. The summed E-state index contributed by atoms with van der Waals surface area (Å²) in [5, 5.41) is 16.0. The number of hydrogen-bond acceptors (Lipinski definition) is 7. The van der Waals surface area contributed by atoms with Crippen LogP contribution in [-0.2, 0) is 12.8 Å². The number of fused-ring (bicyclic) bond motifs is 1. The van der Waals surface area contributed by atoms with Gasteiger partial charge in [0.2, 0.25) is 5.88 Å². The Bertz CT molecular complexity index is 939. The van der Waals surface area contributed by atoms with Crippen molar-refractivity contribution in [3.8, 4) is 11.7 Å². The Morgan fingerprint density at radius 2 is 2.15 bits per heavy atom. The summed E-state index contributed by atoms with van der Waals surface area (Å²) in [7, 11) is 0. The first-order valence-corrected chi connectivity index (χ1v) is 9.79. The molecule has 1 N–H and O–H groups in total. The van der Waals surface area contributed by atoms with Gasteiger partial charge in [0.25, 0.3) is 5.91 Å². The van der Waals surface area contributed by atoms with Crippen molar-refractivity contribution in [3.63, 3.8) is 0 Å². The first-order valence-electron chi connectivity index (χ1n) is 8.97. The lowest BCUT2D eigenvalue weighted by atomic mass is 10.0. The lowest BCUT2D eigenvalue weighted by Gasteiger charge is -2.06. The summed E-state index contributed by atoms with van der Waals surface area (Å²) >= 11 is 1.57. The smallest absolute Gasteiger partial charge is 0.260 e. The minimum atomic E-state index is -0.219. The molecule has 0 atom stereocenters. The second-order valence-corrected chi connectivity index (χ2v) is 7.35. The minimum Gasteiger partial charge on any atom is -0.477 e. The van der Waals surface area contributed by atoms with Crippen LogP contribution < -0.4 is 10.1 Å². The molecule has 0 unspecified atom stereocenters. The molecule has 0 saturated carbocycles. The highest BCUT2D eigenvalue weighted by molar-refractivity contribution is 7.15. The standard InChI is InChI=1S/C18H20N6O2S/c1-3-26-16-9-8-15(22-23-16)24-11(2)12(10-19-24)17(25)21-18-20-13-6-4-5-7-14(13)27-18/h8-10H,3-7H2,1-2H3,(H,20,21,25). The summed E-state index contributed by atoms with van der Waals surface area (Å²) in [6.07, 6.45) is 5.94. The number of rotatable bonds is 5. The number of hydrogen-bond donors (Lipinski definition) is 1. The fourth-order valence-electron chi connectivity index (χ4n) is 3.08. The summed E-state index contributed by atoms with van der Waals surface area (Å²) in [5.41, 5.74) is 2.30. The molecule has 27 heavy (non-hydrogen) atoms. The van der Waals surface area contributed by atoms with Crippen LogP contribution in [-0.4, -0.2) is 37.5 Å². The topological polar surface area (TPSA) is 94.8 Å². The zero-order valence-corrected chi connectivity index (χ0v) is 16.0. The van der Waals surface area contributed by atoms with Crippen molar-refractivity contribution >= 4 is 22.4 Å². The highest BCUT2D eigenvalue weighted by Crippen LogP contribution is 2.30. The highest BCUT2D eigenvalue weighted by Gasteiger charge is 2.20. The predicted molar refractivity (Wildman–Crippen MR) is 102 cm³/mol. The van der Waals surface area contributed by atoms with Crippen LogP contribution in [0.3, 0.4) is 0 Å². The van der Waals surface area contributed by atoms with Crippen LogP contribution in [0.25, 0.3) is 5.82 Å². The van der Waals surface area contributed by atoms with E-state index in [1.165, 1.54) is 23.9 Å². The van der Waals surface area contributed by atoms with Gasteiger partial charge in [0, 0.05) is 10.9 Å². The van der Waals surface area contributed by atoms with Gasteiger partial charge in [0.1, 0.15) is 0 Å². The second kappa shape index (κ2) is 7.43. The lowest BCUT2D eigenvalue weighted by molar-refractivity contribution is 0.102. The van der Waals surface area contributed by atoms with E-state index in [4.69, 9.17) is 4.74 Å². The normalized spacial score (nSPS) is 13.3. The van der Waals surface area contributed by atoms with Gasteiger partial charge >= 0.3 is 0 Å². The quantitative estimate of drug-likeness (QED) is 0.727. The third-order valence-corrected chi connectivity index (χ3v) is 5.53. The van der Waals surface area contributed by atoms with E-state index in [9.17, 15) is 4.79 Å². The van der Waals surface area contributed by atoms with E-state index in [1.807, 2.05) is 13.8 Å². The Morgan fingerprint density at radius 3 is 2.89 bits per heavy atom. The van der Waals surface area contributed by atoms with E-state index in [1.54, 1.807) is 28.2 Å². The van der Waals surface area contributed by atoms with Gasteiger partial charge < -0.3 is 4.74 Å². The average Bonchev–Trinajstić information content (AvgIpc) is 3.25. The molecule has 3 aromatic rings. The van der Waals surface area contributed by atoms with Crippen LogP contribution in [0.2, 0.25) is 0 Å². The Hall–Kier alpha value is -2.81. The maximum absolute atomic E-state index is 12.7. The van der Waals surface area contributed by atoms with Gasteiger partial charge in [-0.2, -0.15) is 5.10 Å². The zero-order valence-electron chi connectivity index (χ0n) is 15.2. The first kappa shape index (κ1) is 17.6. The zero-order chi connectivity index (χ0) is 18.8. The molecule has 1 aliphatic carbocycles. The van der Waals surface area contributed by atoms with Gasteiger partial charge in [-0.05, 0) is 45.6 Å². The number of nitrogens with zero attached hydrogens (tertiary/aromatic N) is 5. The molecule has 0 fully saturated rings. The van der Waals surface area contributed by atoms with E-state index in [0.717, 1.165) is 18.5 Å². The summed E-state index contributed by atoms with van der Waals surface area (Å²) in [5.74, 6) is 0.764. The van der Waals surface area contributed by atoms with Crippen LogP contribution in [0, 0.1) is 6.92 Å². The van der Waals surface area contributed by atoms with Crippen LogP contribution in [0.15, 0.2) is 18.3 Å². The number of amides is 1. The molecule has 0 saturated heterocycles. The Kier molecular flexibility index (Phi) is 4.85. The molecular formula is C18H20N6O2S. The molecule has 0 radical (unpaired) electrons. The van der Waals surface area contributed by atoms with E-state index in [-0.39, 0.29) is 5.91 Å². The van der Waals surface area contributed by atoms with Crippen molar-refractivity contribution in [3.05, 3.63) is 40.2 Å². The van der Waals surface area contributed by atoms with Crippen LogP contribution >= 0.6 is 11.3 Å². The van der Waals surface area contributed by atoms with Crippen molar-refractivity contribution in [2.24, 2.45) is 0 Å². The van der Waals surface area contributed by atoms with Gasteiger partial charge in [-0.15, -0.1) is 21.5 Å². The second-order valence-electron chi connectivity index (χ2n) is 6.27. The molecular weight excluding hydrogens is 364 g/mol. The monoisotopic (exact) mass is 384 g/mol. The van der Waals surface area contributed by atoms with Crippen molar-refractivity contribution in [1.29, 1.82) is 0 Å². The molecule has 0 spiro atoms. The summed E-state index contributed by atoms with van der Waals surface area (Å²) < 4.78 is 6.89. The fraction of sp³-hybridized carbons (Fsp3) is 0.389. The molecule has 1 aliphatic rings. The molecule has 0 aromatic carbocycles. The van der Waals surface area contributed by atoms with Crippen molar-refractivity contribution in [1.82, 2.24) is 25.0 Å². The summed E-state index contributed by atoms with van der Waals surface area (Å²) in [6.45, 7) is 4.24. The Labute approximate surface area is 160 Å². The fourth-order valence-corrected chi connectivity index (χ4v) is 4.13. The molecule has 8 nitrogen and oxygen atoms in total. The number of anilines is 1. The van der Waals surface area contributed by atoms with Crippen LogP contribution in [0.4, 0.5) is 5.13 Å². The van der Waals surface area contributed by atoms with Gasteiger partial charge in [-0.1, -0.05) is 0 Å². The molecule has 3 aromatic heterocycles. The van der Waals surface area contributed by atoms with Gasteiger partial charge in [-0.25, -0.2) is 9.67 Å². The van der Waals surface area contributed by atoms with E-state index < -0.39 is 0 Å². The Morgan fingerprint density at radius 1 is 1.30 bits per heavy atom. The lowest BCUT2D eigenvalue weighted by Crippen LogP contribution is -2.13. The number of aromatic nitrogens is 5. The molecule has 4 rings (SSSR count). The van der Waals surface area contributed by atoms with Crippen molar-refractivity contribution < 1.29 is 9.53 Å². The SMILES string of the molecule is CCOc1ccc(-n2ncc(C(=O)Nc3nc4c(s3)CCCC4)c2C)nn1. The van der Waals surface area contributed by atoms with Gasteiger partial charge in [0.05, 0.1) is 29.8 Å². The average molecular weight is 384 g/mol. The van der Waals surface area contributed by atoms with Gasteiger partial charge in [-0.3, -0.25) is 10.1 Å². The molecule has 3 heterocycles. The maximum Gasteiger partial charge on any atom is 0.260 e. The maximum atomic E-state index is 12.7. The summed E-state index contributed by atoms with van der Waals surface area (Å²) in [4.78, 5) is 18.5. The number of ether oxygens (including phenoxy) is 1. The van der Waals surface area contributed by atoms with Crippen LogP contribution in [0.1, 0.15) is 46.4 Å². The third-order valence-electron chi connectivity index (χ3n) is 4.46. The van der Waals surface area contributed by atoms with Crippen molar-refractivity contribution in [2.75, 3.05) is 11.9 Å². The number of carbonyl (C=O) groups excluding carboxylic acids is 1. The number of thiazole rings is 1. The molecule has 1 amide bonds.